The van der Waals surface area contributed by atoms with Gasteiger partial charge in [-0.3, -0.25) is 9.59 Å². The molecule has 0 aromatic heterocycles. The first-order chi connectivity index (χ1) is 11.2. The summed E-state index contributed by atoms with van der Waals surface area (Å²) in [4.78, 5) is 21.6. The van der Waals surface area contributed by atoms with E-state index in [1.807, 2.05) is 0 Å². The van der Waals surface area contributed by atoms with Crippen LogP contribution in [0.3, 0.4) is 0 Å². The Morgan fingerprint density at radius 2 is 1.26 bits per heavy atom. The number of thioether (sulfide) groups is 1. The number of hydrogen-bond acceptors (Lipinski definition) is 4. The Bertz CT molecular complexity index is 295. The van der Waals surface area contributed by atoms with Gasteiger partial charge in [-0.05, 0) is 6.42 Å². The van der Waals surface area contributed by atoms with Crippen LogP contribution in [0.5, 0.6) is 0 Å². The lowest BCUT2D eigenvalue weighted by Crippen LogP contribution is -2.10. The molecule has 0 radical (unpaired) electrons. The van der Waals surface area contributed by atoms with Gasteiger partial charge in [-0.25, -0.2) is 0 Å². The Kier molecular flexibility index (Phi) is 17.1. The summed E-state index contributed by atoms with van der Waals surface area (Å²) >= 11 is 1.08. The van der Waals surface area contributed by atoms with Crippen LogP contribution >= 0.6 is 11.8 Å². The van der Waals surface area contributed by atoms with Gasteiger partial charge in [0.25, 0.3) is 0 Å². The van der Waals surface area contributed by atoms with Crippen molar-refractivity contribution in [3.05, 3.63) is 0 Å². The maximum absolute atomic E-state index is 11.3. The molecule has 136 valence electrons. The van der Waals surface area contributed by atoms with Gasteiger partial charge in [0.1, 0.15) is 0 Å². The molecule has 5 heteroatoms. The zero-order valence-corrected chi connectivity index (χ0v) is 15.5. The van der Waals surface area contributed by atoms with E-state index in [-0.39, 0.29) is 17.5 Å². The Hall–Kier alpha value is -0.710. The van der Waals surface area contributed by atoms with Gasteiger partial charge in [-0.2, -0.15) is 0 Å². The number of aliphatic carboxylic acids is 1. The van der Waals surface area contributed by atoms with Gasteiger partial charge >= 0.3 is 11.9 Å². The minimum atomic E-state index is -0.899. The molecule has 0 atom stereocenters. The molecular weight excluding hydrogens is 312 g/mol. The SMILES string of the molecule is CCCCCCCCCCCCCCOC(=O)CSCC(=O)O. The summed E-state index contributed by atoms with van der Waals surface area (Å²) in [6.07, 6.45) is 15.4. The van der Waals surface area contributed by atoms with E-state index >= 15 is 0 Å². The van der Waals surface area contributed by atoms with Crippen LogP contribution in [0.15, 0.2) is 0 Å². The highest BCUT2D eigenvalue weighted by molar-refractivity contribution is 8.00. The fraction of sp³-hybridized carbons (Fsp3) is 0.889. The summed E-state index contributed by atoms with van der Waals surface area (Å²) < 4.78 is 5.06. The standard InChI is InChI=1S/C18H34O4S/c1-2-3-4-5-6-7-8-9-10-11-12-13-14-22-18(21)16-23-15-17(19)20/h2-16H2,1H3,(H,19,20). The molecule has 0 aromatic carbocycles. The first-order valence-electron chi connectivity index (χ1n) is 9.12. The minimum absolute atomic E-state index is 0.0479. The quantitative estimate of drug-likeness (QED) is 0.295. The highest BCUT2D eigenvalue weighted by Gasteiger charge is 2.04. The van der Waals surface area contributed by atoms with Crippen molar-refractivity contribution in [2.24, 2.45) is 0 Å². The van der Waals surface area contributed by atoms with E-state index in [2.05, 4.69) is 6.92 Å². The van der Waals surface area contributed by atoms with Gasteiger partial charge in [0, 0.05) is 0 Å². The molecule has 0 aliphatic carbocycles. The van der Waals surface area contributed by atoms with Crippen LogP contribution in [0.1, 0.15) is 84.0 Å². The van der Waals surface area contributed by atoms with Crippen molar-refractivity contribution in [2.45, 2.75) is 84.0 Å². The first kappa shape index (κ1) is 22.3. The Morgan fingerprint density at radius 3 is 1.74 bits per heavy atom. The van der Waals surface area contributed by atoms with E-state index in [0.29, 0.717) is 6.61 Å². The maximum Gasteiger partial charge on any atom is 0.315 e. The summed E-state index contributed by atoms with van der Waals surface area (Å²) in [5.41, 5.74) is 0. The fourth-order valence-corrected chi connectivity index (χ4v) is 2.92. The largest absolute Gasteiger partial charge is 0.481 e. The molecule has 0 bridgehead atoms. The Balaban J connectivity index is 3.12. The number of unbranched alkanes of at least 4 members (excludes halogenated alkanes) is 11. The molecule has 4 nitrogen and oxygen atoms in total. The van der Waals surface area contributed by atoms with Crippen LogP contribution in [-0.4, -0.2) is 35.2 Å². The number of carbonyl (C=O) groups excluding carboxylic acids is 1. The van der Waals surface area contributed by atoms with E-state index in [0.717, 1.165) is 24.6 Å². The number of ether oxygens (including phenoxy) is 1. The monoisotopic (exact) mass is 346 g/mol. The molecule has 23 heavy (non-hydrogen) atoms. The van der Waals surface area contributed by atoms with Crippen LogP contribution in [-0.2, 0) is 14.3 Å². The van der Waals surface area contributed by atoms with Gasteiger partial charge in [-0.1, -0.05) is 77.6 Å². The van der Waals surface area contributed by atoms with Gasteiger partial charge in [-0.15, -0.1) is 11.8 Å². The predicted molar refractivity (Wildman–Crippen MR) is 97.0 cm³/mol. The second kappa shape index (κ2) is 17.6. The lowest BCUT2D eigenvalue weighted by atomic mass is 10.1. The van der Waals surface area contributed by atoms with Crippen molar-refractivity contribution in [3.8, 4) is 0 Å². The van der Waals surface area contributed by atoms with Crippen molar-refractivity contribution >= 4 is 23.7 Å². The number of rotatable bonds is 17. The average molecular weight is 347 g/mol. The molecule has 0 amide bonds. The van der Waals surface area contributed by atoms with Crippen molar-refractivity contribution < 1.29 is 19.4 Å². The van der Waals surface area contributed by atoms with Crippen molar-refractivity contribution in [2.75, 3.05) is 18.1 Å². The molecule has 0 aliphatic rings. The smallest absolute Gasteiger partial charge is 0.315 e. The minimum Gasteiger partial charge on any atom is -0.481 e. The number of hydrogen-bond donors (Lipinski definition) is 1. The molecule has 1 N–H and O–H groups in total. The molecule has 0 unspecified atom stereocenters. The summed E-state index contributed by atoms with van der Waals surface area (Å²) in [6.45, 7) is 2.71. The number of carboxylic acid groups (broad SMARTS) is 1. The molecule has 0 spiro atoms. The molecule has 0 heterocycles. The Morgan fingerprint density at radius 1 is 0.783 bits per heavy atom. The van der Waals surface area contributed by atoms with Crippen LogP contribution in [0.2, 0.25) is 0 Å². The summed E-state index contributed by atoms with van der Waals surface area (Å²) in [5, 5.41) is 8.45. The number of carboxylic acids is 1. The third kappa shape index (κ3) is 19.2. The number of esters is 1. The summed E-state index contributed by atoms with van der Waals surface area (Å²) in [7, 11) is 0. The van der Waals surface area contributed by atoms with Crippen LogP contribution in [0, 0.1) is 0 Å². The number of carbonyl (C=O) groups is 2. The van der Waals surface area contributed by atoms with Gasteiger partial charge < -0.3 is 9.84 Å². The predicted octanol–water partition coefficient (Wildman–Crippen LogP) is 5.05. The van der Waals surface area contributed by atoms with Crippen LogP contribution in [0.25, 0.3) is 0 Å². The fourth-order valence-electron chi connectivity index (χ4n) is 2.39. The van der Waals surface area contributed by atoms with Crippen molar-refractivity contribution in [1.29, 1.82) is 0 Å². The molecule has 0 saturated carbocycles. The van der Waals surface area contributed by atoms with E-state index in [1.54, 1.807) is 0 Å². The van der Waals surface area contributed by atoms with E-state index in [1.165, 1.54) is 64.2 Å². The zero-order chi connectivity index (χ0) is 17.2. The highest BCUT2D eigenvalue weighted by Crippen LogP contribution is 2.12. The topological polar surface area (TPSA) is 63.6 Å². The molecule has 0 rings (SSSR count). The third-order valence-corrected chi connectivity index (χ3v) is 4.60. The second-order valence-corrected chi connectivity index (χ2v) is 6.98. The van der Waals surface area contributed by atoms with Crippen LogP contribution < -0.4 is 0 Å². The van der Waals surface area contributed by atoms with E-state index in [9.17, 15) is 9.59 Å². The Labute approximate surface area is 145 Å². The summed E-state index contributed by atoms with van der Waals surface area (Å²) in [6, 6.07) is 0. The third-order valence-electron chi connectivity index (χ3n) is 3.71. The molecule has 0 fully saturated rings. The highest BCUT2D eigenvalue weighted by atomic mass is 32.2. The average Bonchev–Trinajstić information content (AvgIpc) is 2.51. The van der Waals surface area contributed by atoms with E-state index < -0.39 is 5.97 Å². The maximum atomic E-state index is 11.3. The van der Waals surface area contributed by atoms with Crippen LogP contribution in [0.4, 0.5) is 0 Å². The van der Waals surface area contributed by atoms with Crippen molar-refractivity contribution in [1.82, 2.24) is 0 Å². The van der Waals surface area contributed by atoms with Gasteiger partial charge in [0.2, 0.25) is 0 Å². The van der Waals surface area contributed by atoms with E-state index in [4.69, 9.17) is 9.84 Å². The second-order valence-electron chi connectivity index (χ2n) is 6.00. The van der Waals surface area contributed by atoms with Crippen molar-refractivity contribution in [3.63, 3.8) is 0 Å². The zero-order valence-electron chi connectivity index (χ0n) is 14.7. The lowest BCUT2D eigenvalue weighted by molar-refractivity contribution is -0.140. The van der Waals surface area contributed by atoms with Gasteiger partial charge in [0.05, 0.1) is 18.1 Å². The molecule has 0 aromatic rings. The van der Waals surface area contributed by atoms with Gasteiger partial charge in [0.15, 0.2) is 0 Å². The molecule has 0 saturated heterocycles. The first-order valence-corrected chi connectivity index (χ1v) is 10.3. The molecule has 0 aliphatic heterocycles. The molecular formula is C18H34O4S. The normalized spacial score (nSPS) is 10.7. The summed E-state index contributed by atoms with van der Waals surface area (Å²) in [5.74, 6) is -1.12. The lowest BCUT2D eigenvalue weighted by Gasteiger charge is -2.05.